The summed E-state index contributed by atoms with van der Waals surface area (Å²) in [4.78, 5) is 0. The molecule has 0 saturated heterocycles. The summed E-state index contributed by atoms with van der Waals surface area (Å²) in [6.07, 6.45) is 0. The van der Waals surface area contributed by atoms with Crippen LogP contribution in [-0.4, -0.2) is 8.42 Å². The first-order valence-electron chi connectivity index (χ1n) is 5.74. The van der Waals surface area contributed by atoms with Crippen molar-refractivity contribution in [3.63, 3.8) is 0 Å². The van der Waals surface area contributed by atoms with Gasteiger partial charge < -0.3 is 0 Å². The quantitative estimate of drug-likeness (QED) is 0.838. The highest BCUT2D eigenvalue weighted by atomic mass is 35.5. The molecule has 0 aliphatic heterocycles. The van der Waals surface area contributed by atoms with Crippen LogP contribution in [0.3, 0.4) is 0 Å². The van der Waals surface area contributed by atoms with Crippen LogP contribution in [0.25, 0.3) is 0 Å². The summed E-state index contributed by atoms with van der Waals surface area (Å²) in [6.45, 7) is 0. The molecule has 0 N–H and O–H groups in total. The average Bonchev–Trinajstić information content (AvgIpc) is 2.35. The van der Waals surface area contributed by atoms with Crippen molar-refractivity contribution in [2.45, 2.75) is 11.5 Å². The third kappa shape index (κ3) is 4.20. The van der Waals surface area contributed by atoms with Gasteiger partial charge in [-0.25, -0.2) is 12.8 Å². The lowest BCUT2D eigenvalue weighted by Crippen LogP contribution is -2.08. The molecule has 0 unspecified atom stereocenters. The van der Waals surface area contributed by atoms with E-state index in [9.17, 15) is 12.8 Å². The van der Waals surface area contributed by atoms with Crippen LogP contribution in [0, 0.1) is 5.82 Å². The van der Waals surface area contributed by atoms with Crippen LogP contribution >= 0.6 is 23.2 Å². The standard InChI is InChI=1S/C14H11Cl2FO2S/c15-12-4-3-11(14(16)7-12)9-20(18,19)8-10-1-5-13(17)6-2-10/h1-7H,8-9H2. The van der Waals surface area contributed by atoms with E-state index >= 15 is 0 Å². The zero-order chi connectivity index (χ0) is 14.8. The van der Waals surface area contributed by atoms with Crippen LogP contribution in [0.2, 0.25) is 10.0 Å². The number of hydrogen-bond acceptors (Lipinski definition) is 2. The second-order valence-electron chi connectivity index (χ2n) is 4.39. The summed E-state index contributed by atoms with van der Waals surface area (Å²) in [6, 6.07) is 10.1. The molecule has 0 aromatic heterocycles. The molecule has 2 nitrogen and oxygen atoms in total. The van der Waals surface area contributed by atoms with E-state index in [1.807, 2.05) is 0 Å². The minimum Gasteiger partial charge on any atom is -0.228 e. The van der Waals surface area contributed by atoms with Crippen molar-refractivity contribution < 1.29 is 12.8 Å². The van der Waals surface area contributed by atoms with Gasteiger partial charge in [-0.3, -0.25) is 0 Å². The fourth-order valence-electron chi connectivity index (χ4n) is 1.76. The van der Waals surface area contributed by atoms with Gasteiger partial charge in [0.2, 0.25) is 0 Å². The van der Waals surface area contributed by atoms with Crippen LogP contribution in [0.4, 0.5) is 4.39 Å². The van der Waals surface area contributed by atoms with Gasteiger partial charge in [-0.05, 0) is 35.4 Å². The molecule has 2 rings (SSSR count). The van der Waals surface area contributed by atoms with Crippen molar-refractivity contribution in [2.24, 2.45) is 0 Å². The molecular formula is C14H11Cl2FO2S. The fraction of sp³-hybridized carbons (Fsp3) is 0.143. The zero-order valence-corrected chi connectivity index (χ0v) is 12.6. The molecule has 0 amide bonds. The monoisotopic (exact) mass is 332 g/mol. The van der Waals surface area contributed by atoms with E-state index in [-0.39, 0.29) is 11.5 Å². The van der Waals surface area contributed by atoms with Crippen LogP contribution in [0.5, 0.6) is 0 Å². The molecule has 2 aromatic carbocycles. The first kappa shape index (κ1) is 15.3. The second kappa shape index (κ2) is 6.12. The molecule has 0 aliphatic carbocycles. The lowest BCUT2D eigenvalue weighted by molar-refractivity contribution is 0.594. The Morgan fingerprint density at radius 2 is 1.60 bits per heavy atom. The molecule has 0 spiro atoms. The molecule has 106 valence electrons. The van der Waals surface area contributed by atoms with E-state index in [2.05, 4.69) is 0 Å². The van der Waals surface area contributed by atoms with Crippen molar-refractivity contribution in [1.82, 2.24) is 0 Å². The van der Waals surface area contributed by atoms with E-state index in [1.165, 1.54) is 30.3 Å². The van der Waals surface area contributed by atoms with Crippen LogP contribution in [0.15, 0.2) is 42.5 Å². The molecular weight excluding hydrogens is 322 g/mol. The number of rotatable bonds is 4. The minimum absolute atomic E-state index is 0.160. The molecule has 0 saturated carbocycles. The number of benzene rings is 2. The highest BCUT2D eigenvalue weighted by Gasteiger charge is 2.15. The minimum atomic E-state index is -3.39. The molecule has 0 aliphatic rings. The maximum absolute atomic E-state index is 12.8. The van der Waals surface area contributed by atoms with Crippen LogP contribution in [-0.2, 0) is 21.3 Å². The van der Waals surface area contributed by atoms with Crippen molar-refractivity contribution in [1.29, 1.82) is 0 Å². The summed E-state index contributed by atoms with van der Waals surface area (Å²) < 4.78 is 37.0. The summed E-state index contributed by atoms with van der Waals surface area (Å²) in [5.74, 6) is -0.737. The predicted octanol–water partition coefficient (Wildman–Crippen LogP) is 4.25. The number of halogens is 3. The van der Waals surface area contributed by atoms with Crippen molar-refractivity contribution in [3.8, 4) is 0 Å². The van der Waals surface area contributed by atoms with Gasteiger partial charge >= 0.3 is 0 Å². The van der Waals surface area contributed by atoms with Gasteiger partial charge in [-0.15, -0.1) is 0 Å². The van der Waals surface area contributed by atoms with Crippen molar-refractivity contribution >= 4 is 33.0 Å². The summed E-state index contributed by atoms with van der Waals surface area (Å²) in [7, 11) is -3.39. The molecule has 20 heavy (non-hydrogen) atoms. The third-order valence-corrected chi connectivity index (χ3v) is 4.80. The van der Waals surface area contributed by atoms with Gasteiger partial charge in [-0.2, -0.15) is 0 Å². The Kier molecular flexibility index (Phi) is 4.68. The Hall–Kier alpha value is -1.10. The maximum atomic E-state index is 12.8. The predicted molar refractivity (Wildman–Crippen MR) is 79.2 cm³/mol. The molecule has 0 radical (unpaired) electrons. The lowest BCUT2D eigenvalue weighted by Gasteiger charge is -2.07. The highest BCUT2D eigenvalue weighted by molar-refractivity contribution is 7.89. The summed E-state index contributed by atoms with van der Waals surface area (Å²) in [5.41, 5.74) is 1.04. The Morgan fingerprint density at radius 1 is 0.950 bits per heavy atom. The Bertz CT molecular complexity index is 712. The molecule has 0 bridgehead atoms. The lowest BCUT2D eigenvalue weighted by atomic mass is 10.2. The van der Waals surface area contributed by atoms with Gasteiger partial charge in [0.25, 0.3) is 0 Å². The second-order valence-corrected chi connectivity index (χ2v) is 7.30. The molecule has 0 fully saturated rings. The highest BCUT2D eigenvalue weighted by Crippen LogP contribution is 2.23. The summed E-state index contributed by atoms with van der Waals surface area (Å²) in [5, 5.41) is 0.773. The topological polar surface area (TPSA) is 34.1 Å². The Balaban J connectivity index is 2.17. The van der Waals surface area contributed by atoms with Crippen molar-refractivity contribution in [2.75, 3.05) is 0 Å². The average molecular weight is 333 g/mol. The largest absolute Gasteiger partial charge is 0.228 e. The normalized spacial score (nSPS) is 11.6. The van der Waals surface area contributed by atoms with Gasteiger partial charge in [0.1, 0.15) is 5.82 Å². The van der Waals surface area contributed by atoms with Gasteiger partial charge in [0, 0.05) is 10.0 Å². The van der Waals surface area contributed by atoms with E-state index in [0.717, 1.165) is 0 Å². The van der Waals surface area contributed by atoms with E-state index in [1.54, 1.807) is 12.1 Å². The fourth-order valence-corrected chi connectivity index (χ4v) is 3.84. The van der Waals surface area contributed by atoms with E-state index in [0.29, 0.717) is 21.2 Å². The van der Waals surface area contributed by atoms with Gasteiger partial charge in [0.05, 0.1) is 11.5 Å². The van der Waals surface area contributed by atoms with E-state index < -0.39 is 15.7 Å². The Labute approximate surface area is 127 Å². The number of hydrogen-bond donors (Lipinski definition) is 0. The smallest absolute Gasteiger partial charge is 0.158 e. The molecule has 2 aromatic rings. The van der Waals surface area contributed by atoms with Crippen molar-refractivity contribution in [3.05, 3.63) is 69.5 Å². The molecule has 0 heterocycles. The van der Waals surface area contributed by atoms with Crippen LogP contribution < -0.4 is 0 Å². The van der Waals surface area contributed by atoms with Crippen LogP contribution in [0.1, 0.15) is 11.1 Å². The molecule has 6 heteroatoms. The van der Waals surface area contributed by atoms with Gasteiger partial charge in [-0.1, -0.05) is 41.4 Å². The summed E-state index contributed by atoms with van der Waals surface area (Å²) >= 11 is 11.7. The van der Waals surface area contributed by atoms with E-state index in [4.69, 9.17) is 23.2 Å². The maximum Gasteiger partial charge on any atom is 0.158 e. The first-order valence-corrected chi connectivity index (χ1v) is 8.32. The number of sulfone groups is 1. The SMILES string of the molecule is O=S(=O)(Cc1ccc(F)cc1)Cc1ccc(Cl)cc1Cl. The third-order valence-electron chi connectivity index (χ3n) is 2.69. The Morgan fingerprint density at radius 3 is 2.20 bits per heavy atom. The molecule has 0 atom stereocenters. The first-order chi connectivity index (χ1) is 9.35. The van der Waals surface area contributed by atoms with Gasteiger partial charge in [0.15, 0.2) is 9.84 Å². The zero-order valence-electron chi connectivity index (χ0n) is 10.3.